The molecule has 4 N–H and O–H groups in total. The molecule has 5 atom stereocenters. The number of esters is 2. The Morgan fingerprint density at radius 2 is 1.16 bits per heavy atom. The minimum Gasteiger partial charge on any atom is -0.462 e. The first-order valence-electron chi connectivity index (χ1n) is 23.2. The Hall–Kier alpha value is -1.70. The van der Waals surface area contributed by atoms with E-state index >= 15 is 0 Å². The van der Waals surface area contributed by atoms with Crippen molar-refractivity contribution in [1.29, 1.82) is 0 Å². The van der Waals surface area contributed by atoms with Gasteiger partial charge in [0.05, 0.1) is 32.0 Å². The van der Waals surface area contributed by atoms with Crippen LogP contribution >= 0.6 is 15.6 Å². The molecule has 0 saturated carbocycles. The fraction of sp³-hybridized carbons (Fsp3) is 0.822. The van der Waals surface area contributed by atoms with Gasteiger partial charge in [-0.25, -0.2) is 9.13 Å². The average molecular weight is 909 g/mol. The van der Waals surface area contributed by atoms with Gasteiger partial charge < -0.3 is 34.0 Å². The highest BCUT2D eigenvalue weighted by atomic mass is 31.2. The molecule has 1 heterocycles. The van der Waals surface area contributed by atoms with E-state index in [-0.39, 0.29) is 12.8 Å². The molecule has 356 valence electrons. The zero-order chi connectivity index (χ0) is 45.0. The summed E-state index contributed by atoms with van der Waals surface area (Å²) < 4.78 is 53.5. The number of hydrogen-bond donors (Lipinski definition) is 4. The van der Waals surface area contributed by atoms with Gasteiger partial charge in [-0.05, 0) is 50.9 Å². The Balaban J connectivity index is 2.37. The van der Waals surface area contributed by atoms with E-state index in [9.17, 15) is 28.7 Å². The highest BCUT2D eigenvalue weighted by Crippen LogP contribution is 2.44. The monoisotopic (exact) mass is 909 g/mol. The number of epoxide rings is 1. The lowest BCUT2D eigenvalue weighted by Crippen LogP contribution is -2.29. The second-order valence-corrected chi connectivity index (χ2v) is 19.2. The van der Waals surface area contributed by atoms with E-state index < -0.39 is 66.2 Å². The van der Waals surface area contributed by atoms with Crippen molar-refractivity contribution in [2.45, 2.75) is 206 Å². The first-order chi connectivity index (χ1) is 29.2. The molecule has 0 aliphatic carbocycles. The van der Waals surface area contributed by atoms with Crippen LogP contribution in [0.2, 0.25) is 0 Å². The molecule has 1 rings (SSSR count). The van der Waals surface area contributed by atoms with Crippen molar-refractivity contribution >= 4 is 27.6 Å². The minimum absolute atomic E-state index is 0.0528. The number of phosphoric ester groups is 2. The van der Waals surface area contributed by atoms with Gasteiger partial charge in [0.25, 0.3) is 0 Å². The number of rotatable bonds is 42. The SMILES string of the molecule is CCCCCC1OC1C/C=C\C/C=C\C/C=C\CCCC(=O)O[C@H](COC(=O)CCCCCCCCCCCCCCCC(C)C)COP(=O)(O)OC[C@@H](O)COP(=O)(O)O. The molecule has 16 heteroatoms. The third-order valence-corrected chi connectivity index (χ3v) is 11.6. The average Bonchev–Trinajstić information content (AvgIpc) is 3.96. The lowest BCUT2D eigenvalue weighted by atomic mass is 10.0. The maximum Gasteiger partial charge on any atom is 0.472 e. The van der Waals surface area contributed by atoms with Crippen LogP contribution in [-0.2, 0) is 46.5 Å². The van der Waals surface area contributed by atoms with Crippen LogP contribution in [0, 0.1) is 5.92 Å². The number of carbonyl (C=O) groups is 2. The van der Waals surface area contributed by atoms with Gasteiger partial charge in [0.1, 0.15) is 12.7 Å². The molecule has 61 heavy (non-hydrogen) atoms. The van der Waals surface area contributed by atoms with E-state index in [1.54, 1.807) is 0 Å². The van der Waals surface area contributed by atoms with Crippen molar-refractivity contribution in [2.75, 3.05) is 26.4 Å². The van der Waals surface area contributed by atoms with Gasteiger partial charge in [0.15, 0.2) is 6.10 Å². The van der Waals surface area contributed by atoms with Crippen molar-refractivity contribution in [1.82, 2.24) is 0 Å². The summed E-state index contributed by atoms with van der Waals surface area (Å²) in [6.45, 7) is 4.00. The molecule has 1 aliphatic rings. The zero-order valence-corrected chi connectivity index (χ0v) is 39.4. The van der Waals surface area contributed by atoms with Gasteiger partial charge in [0, 0.05) is 12.8 Å². The first-order valence-corrected chi connectivity index (χ1v) is 26.2. The second kappa shape index (κ2) is 36.6. The molecule has 0 radical (unpaired) electrons. The van der Waals surface area contributed by atoms with Crippen LogP contribution in [0.4, 0.5) is 0 Å². The molecule has 14 nitrogen and oxygen atoms in total. The number of hydrogen-bond acceptors (Lipinski definition) is 11. The number of phosphoric acid groups is 2. The normalized spacial score (nSPS) is 17.7. The molecule has 0 aromatic rings. The number of unbranched alkanes of at least 4 members (excludes halogenated alkanes) is 15. The lowest BCUT2D eigenvalue weighted by Gasteiger charge is -2.20. The van der Waals surface area contributed by atoms with Gasteiger partial charge in [-0.15, -0.1) is 0 Å². The molecule has 0 bridgehead atoms. The molecule has 1 aliphatic heterocycles. The molecule has 0 aromatic carbocycles. The predicted molar refractivity (Wildman–Crippen MR) is 239 cm³/mol. The van der Waals surface area contributed by atoms with Gasteiger partial charge in [-0.3, -0.25) is 23.2 Å². The van der Waals surface area contributed by atoms with E-state index in [1.165, 1.54) is 83.5 Å². The summed E-state index contributed by atoms with van der Waals surface area (Å²) >= 11 is 0. The smallest absolute Gasteiger partial charge is 0.462 e. The maximum atomic E-state index is 12.7. The third-order valence-electron chi connectivity index (χ3n) is 10.1. The number of carbonyl (C=O) groups excluding carboxylic acids is 2. The van der Waals surface area contributed by atoms with E-state index in [0.717, 1.165) is 50.9 Å². The lowest BCUT2D eigenvalue weighted by molar-refractivity contribution is -0.161. The quantitative estimate of drug-likeness (QED) is 0.0148. The number of ether oxygens (including phenoxy) is 3. The molecule has 0 aromatic heterocycles. The molecular formula is C45H82O14P2. The van der Waals surface area contributed by atoms with Crippen LogP contribution < -0.4 is 0 Å². The summed E-state index contributed by atoms with van der Waals surface area (Å²) in [5.41, 5.74) is 0. The minimum atomic E-state index is -4.87. The molecule has 1 saturated heterocycles. The number of aliphatic hydroxyl groups excluding tert-OH is 1. The summed E-state index contributed by atoms with van der Waals surface area (Å²) in [6, 6.07) is 0. The van der Waals surface area contributed by atoms with Crippen LogP contribution in [0.3, 0.4) is 0 Å². The topological polar surface area (TPSA) is 208 Å². The Morgan fingerprint density at radius 3 is 1.77 bits per heavy atom. The molecule has 3 unspecified atom stereocenters. The zero-order valence-electron chi connectivity index (χ0n) is 37.6. The summed E-state index contributed by atoms with van der Waals surface area (Å²) in [4.78, 5) is 52.8. The fourth-order valence-electron chi connectivity index (χ4n) is 6.50. The first kappa shape index (κ1) is 57.3. The third kappa shape index (κ3) is 38.5. The highest BCUT2D eigenvalue weighted by molar-refractivity contribution is 7.47. The summed E-state index contributed by atoms with van der Waals surface area (Å²) in [7, 11) is -9.70. The summed E-state index contributed by atoms with van der Waals surface area (Å²) in [5.74, 6) is -0.296. The van der Waals surface area contributed by atoms with Crippen LogP contribution in [0.1, 0.15) is 181 Å². The highest BCUT2D eigenvalue weighted by Gasteiger charge is 2.36. The van der Waals surface area contributed by atoms with Crippen molar-refractivity contribution < 1.29 is 66.3 Å². The standard InChI is InChI=1S/C45H82O14P2/c1-4-5-25-31-42-43(59-42)32-27-22-18-14-11-12-16-20-24-29-34-45(48)58-41(38-57-61(52,53)56-36-40(46)35-55-60(49,50)51)37-54-44(47)33-28-23-19-15-10-8-6-7-9-13-17-21-26-30-39(2)3/h11,14,16,20,22,27,39-43,46H,4-10,12-13,15,17-19,21,23-26,28-38H2,1-3H3,(H,52,53)(H2,49,50,51)/b14-11-,20-16-,27-22-/t40-,41+,42?,43?/m0/s1. The summed E-state index contributed by atoms with van der Waals surface area (Å²) in [5, 5.41) is 9.76. The Kier molecular flexibility index (Phi) is 34.4. The predicted octanol–water partition coefficient (Wildman–Crippen LogP) is 10.9. The van der Waals surface area contributed by atoms with E-state index in [0.29, 0.717) is 31.5 Å². The number of aliphatic hydroxyl groups is 1. The Morgan fingerprint density at radius 1 is 0.623 bits per heavy atom. The van der Waals surface area contributed by atoms with E-state index in [4.69, 9.17) is 28.5 Å². The van der Waals surface area contributed by atoms with Crippen molar-refractivity contribution in [3.63, 3.8) is 0 Å². The Labute approximate surface area is 367 Å². The van der Waals surface area contributed by atoms with Crippen LogP contribution in [-0.4, -0.2) is 82.6 Å². The van der Waals surface area contributed by atoms with Crippen molar-refractivity contribution in [2.24, 2.45) is 5.92 Å². The van der Waals surface area contributed by atoms with E-state index in [1.807, 2.05) is 12.2 Å². The maximum absolute atomic E-state index is 12.7. The van der Waals surface area contributed by atoms with Gasteiger partial charge >= 0.3 is 27.6 Å². The van der Waals surface area contributed by atoms with Crippen LogP contribution in [0.25, 0.3) is 0 Å². The van der Waals surface area contributed by atoms with Crippen molar-refractivity contribution in [3.8, 4) is 0 Å². The fourth-order valence-corrected chi connectivity index (χ4v) is 7.66. The van der Waals surface area contributed by atoms with Gasteiger partial charge in [-0.1, -0.05) is 160 Å². The van der Waals surface area contributed by atoms with Gasteiger partial charge in [-0.2, -0.15) is 0 Å². The molecule has 0 spiro atoms. The summed E-state index contributed by atoms with van der Waals surface area (Å²) in [6.07, 6.45) is 36.1. The molecule has 0 amide bonds. The van der Waals surface area contributed by atoms with Gasteiger partial charge in [0.2, 0.25) is 0 Å². The second-order valence-electron chi connectivity index (χ2n) is 16.5. The van der Waals surface area contributed by atoms with E-state index in [2.05, 4.69) is 54.1 Å². The molecule has 1 fully saturated rings. The van der Waals surface area contributed by atoms with Crippen LogP contribution in [0.5, 0.6) is 0 Å². The van der Waals surface area contributed by atoms with Crippen LogP contribution in [0.15, 0.2) is 36.5 Å². The Bertz CT molecular complexity index is 1300. The van der Waals surface area contributed by atoms with Crippen molar-refractivity contribution in [3.05, 3.63) is 36.5 Å². The number of allylic oxidation sites excluding steroid dienone is 5. The molecular weight excluding hydrogens is 826 g/mol. The largest absolute Gasteiger partial charge is 0.472 e.